The molecule has 1 aromatic heterocycles. The van der Waals surface area contributed by atoms with Gasteiger partial charge in [0.1, 0.15) is 12.1 Å². The number of thioether (sulfide) groups is 1. The molecule has 104 valence electrons. The third kappa shape index (κ3) is 4.41. The Labute approximate surface area is 121 Å². The number of halogens is 1. The summed E-state index contributed by atoms with van der Waals surface area (Å²) in [6.07, 6.45) is 1.97. The molecule has 0 radical (unpaired) electrons. The predicted molar refractivity (Wildman–Crippen MR) is 75.8 cm³/mol. The van der Waals surface area contributed by atoms with Crippen molar-refractivity contribution in [1.82, 2.24) is 4.98 Å². The first-order valence-electron chi connectivity index (χ1n) is 6.11. The van der Waals surface area contributed by atoms with Crippen LogP contribution in [0.2, 0.25) is 0 Å². The Morgan fingerprint density at radius 3 is 2.95 bits per heavy atom. The zero-order chi connectivity index (χ0) is 14.4. The number of aliphatic hydroxyl groups excluding tert-OH is 1. The van der Waals surface area contributed by atoms with Crippen molar-refractivity contribution in [2.24, 2.45) is 0 Å². The number of aliphatic hydroxyl groups is 1. The second-order valence-corrected chi connectivity index (χ2v) is 5.09. The lowest BCUT2D eigenvalue weighted by molar-refractivity contribution is 0.305. The van der Waals surface area contributed by atoms with Gasteiger partial charge in [0.15, 0.2) is 0 Å². The Bertz CT molecular complexity index is 643. The van der Waals surface area contributed by atoms with Crippen molar-refractivity contribution in [2.45, 2.75) is 24.3 Å². The number of hydrogen-bond donors (Lipinski definition) is 1. The highest BCUT2D eigenvalue weighted by Gasteiger charge is 2.04. The quantitative estimate of drug-likeness (QED) is 0.694. The number of benzene rings is 1. The molecule has 0 aliphatic heterocycles. The van der Waals surface area contributed by atoms with Gasteiger partial charge in [-0.15, -0.1) is 0 Å². The predicted octanol–water partition coefficient (Wildman–Crippen LogP) is 3.15. The Balaban J connectivity index is 2.06. The van der Waals surface area contributed by atoms with Gasteiger partial charge in [-0.2, -0.15) is 0 Å². The molecule has 2 rings (SSSR count). The largest absolute Gasteiger partial charge is 0.440 e. The van der Waals surface area contributed by atoms with Crippen molar-refractivity contribution in [2.75, 3.05) is 6.61 Å². The lowest BCUT2D eigenvalue weighted by Gasteiger charge is -2.01. The number of aryl methyl sites for hydroxylation is 1. The van der Waals surface area contributed by atoms with Gasteiger partial charge in [0.2, 0.25) is 0 Å². The first-order chi connectivity index (χ1) is 9.67. The van der Waals surface area contributed by atoms with Gasteiger partial charge in [-0.25, -0.2) is 9.37 Å². The number of aromatic nitrogens is 1. The van der Waals surface area contributed by atoms with E-state index in [0.29, 0.717) is 23.0 Å². The molecule has 0 bridgehead atoms. The maximum atomic E-state index is 13.5. The van der Waals surface area contributed by atoms with Gasteiger partial charge in [-0.3, -0.25) is 0 Å². The van der Waals surface area contributed by atoms with Crippen LogP contribution in [0.3, 0.4) is 0 Å². The van der Waals surface area contributed by atoms with Crippen molar-refractivity contribution in [3.63, 3.8) is 0 Å². The molecule has 2 aromatic rings. The zero-order valence-electron chi connectivity index (χ0n) is 11.0. The van der Waals surface area contributed by atoms with Crippen molar-refractivity contribution in [3.05, 3.63) is 47.1 Å². The molecule has 20 heavy (non-hydrogen) atoms. The lowest BCUT2D eigenvalue weighted by Crippen LogP contribution is -1.87. The van der Waals surface area contributed by atoms with E-state index in [1.165, 1.54) is 23.9 Å². The SMILES string of the molecule is Cc1coc(SCc2cc(F)cc(C#CCCO)c2)n1. The minimum Gasteiger partial charge on any atom is -0.440 e. The van der Waals surface area contributed by atoms with Crippen molar-refractivity contribution in [3.8, 4) is 11.8 Å². The van der Waals surface area contributed by atoms with E-state index in [9.17, 15) is 4.39 Å². The van der Waals surface area contributed by atoms with Crippen LogP contribution in [0.4, 0.5) is 4.39 Å². The van der Waals surface area contributed by atoms with E-state index in [-0.39, 0.29) is 12.4 Å². The normalized spacial score (nSPS) is 10.2. The molecule has 1 heterocycles. The van der Waals surface area contributed by atoms with Gasteiger partial charge >= 0.3 is 0 Å². The summed E-state index contributed by atoms with van der Waals surface area (Å²) < 4.78 is 18.7. The fraction of sp³-hybridized carbons (Fsp3) is 0.267. The van der Waals surface area contributed by atoms with Gasteiger partial charge in [0, 0.05) is 17.7 Å². The van der Waals surface area contributed by atoms with Gasteiger partial charge in [0.05, 0.1) is 12.3 Å². The van der Waals surface area contributed by atoms with Gasteiger partial charge in [0.25, 0.3) is 5.22 Å². The van der Waals surface area contributed by atoms with Crippen LogP contribution >= 0.6 is 11.8 Å². The topological polar surface area (TPSA) is 46.3 Å². The maximum Gasteiger partial charge on any atom is 0.256 e. The number of oxazole rings is 1. The summed E-state index contributed by atoms with van der Waals surface area (Å²) in [5.41, 5.74) is 2.25. The van der Waals surface area contributed by atoms with Crippen molar-refractivity contribution >= 4 is 11.8 Å². The Morgan fingerprint density at radius 1 is 1.40 bits per heavy atom. The van der Waals surface area contributed by atoms with Gasteiger partial charge in [-0.05, 0) is 30.7 Å². The molecule has 0 aliphatic carbocycles. The van der Waals surface area contributed by atoms with E-state index < -0.39 is 0 Å². The van der Waals surface area contributed by atoms with E-state index in [1.54, 1.807) is 6.26 Å². The molecule has 0 aliphatic rings. The van der Waals surface area contributed by atoms with Crippen molar-refractivity contribution in [1.29, 1.82) is 0 Å². The Kier molecular flexibility index (Phi) is 5.22. The summed E-state index contributed by atoms with van der Waals surface area (Å²) in [5.74, 6) is 5.85. The molecule has 0 fully saturated rings. The third-order valence-electron chi connectivity index (χ3n) is 2.39. The van der Waals surface area contributed by atoms with Crippen LogP contribution < -0.4 is 0 Å². The molecular formula is C15H14FNO2S. The zero-order valence-corrected chi connectivity index (χ0v) is 11.8. The number of nitrogens with zero attached hydrogens (tertiary/aromatic N) is 1. The van der Waals surface area contributed by atoms with E-state index >= 15 is 0 Å². The first-order valence-corrected chi connectivity index (χ1v) is 7.10. The van der Waals surface area contributed by atoms with Crippen LogP contribution in [0.15, 0.2) is 34.1 Å². The molecule has 0 saturated carbocycles. The highest BCUT2D eigenvalue weighted by atomic mass is 32.2. The highest BCUT2D eigenvalue weighted by molar-refractivity contribution is 7.98. The molecule has 0 saturated heterocycles. The molecule has 0 atom stereocenters. The molecular weight excluding hydrogens is 277 g/mol. The minimum absolute atomic E-state index is 0.00847. The molecule has 0 amide bonds. The summed E-state index contributed by atoms with van der Waals surface area (Å²) in [5, 5.41) is 9.24. The van der Waals surface area contributed by atoms with Crippen LogP contribution in [0.25, 0.3) is 0 Å². The van der Waals surface area contributed by atoms with Crippen LogP contribution in [-0.2, 0) is 5.75 Å². The average Bonchev–Trinajstić information content (AvgIpc) is 2.82. The summed E-state index contributed by atoms with van der Waals surface area (Å²) in [6.45, 7) is 1.86. The smallest absolute Gasteiger partial charge is 0.256 e. The third-order valence-corrected chi connectivity index (χ3v) is 3.30. The fourth-order valence-corrected chi connectivity index (χ4v) is 2.35. The summed E-state index contributed by atoms with van der Waals surface area (Å²) >= 11 is 1.41. The fourth-order valence-electron chi connectivity index (χ4n) is 1.57. The van der Waals surface area contributed by atoms with Crippen LogP contribution in [0, 0.1) is 24.6 Å². The standard InChI is InChI=1S/C15H14FNO2S/c1-11-9-19-15(17-11)20-10-13-6-12(4-2-3-5-18)7-14(16)8-13/h6-9,18H,3,5,10H2,1H3. The number of rotatable bonds is 4. The molecule has 3 nitrogen and oxygen atoms in total. The molecule has 0 spiro atoms. The van der Waals surface area contributed by atoms with Gasteiger partial charge < -0.3 is 9.52 Å². The van der Waals surface area contributed by atoms with Crippen molar-refractivity contribution < 1.29 is 13.9 Å². The summed E-state index contributed by atoms with van der Waals surface area (Å²) in [4.78, 5) is 4.18. The average molecular weight is 291 g/mol. The monoisotopic (exact) mass is 291 g/mol. The second-order valence-electron chi connectivity index (χ2n) is 4.17. The van der Waals surface area contributed by atoms with E-state index in [0.717, 1.165) is 11.3 Å². The van der Waals surface area contributed by atoms with Crippen LogP contribution in [-0.4, -0.2) is 16.7 Å². The van der Waals surface area contributed by atoms with Crippen LogP contribution in [0.1, 0.15) is 23.2 Å². The molecule has 1 aromatic carbocycles. The summed E-state index contributed by atoms with van der Waals surface area (Å²) in [6, 6.07) is 4.68. The maximum absolute atomic E-state index is 13.5. The summed E-state index contributed by atoms with van der Waals surface area (Å²) in [7, 11) is 0. The van der Waals surface area contributed by atoms with E-state index in [4.69, 9.17) is 9.52 Å². The van der Waals surface area contributed by atoms with E-state index in [2.05, 4.69) is 16.8 Å². The van der Waals surface area contributed by atoms with Crippen LogP contribution in [0.5, 0.6) is 0 Å². The lowest BCUT2D eigenvalue weighted by atomic mass is 10.1. The minimum atomic E-state index is -0.319. The van der Waals surface area contributed by atoms with E-state index in [1.807, 2.05) is 13.0 Å². The highest BCUT2D eigenvalue weighted by Crippen LogP contribution is 2.23. The molecule has 1 N–H and O–H groups in total. The molecule has 0 unspecified atom stereocenters. The Morgan fingerprint density at radius 2 is 2.25 bits per heavy atom. The Hall–Kier alpha value is -1.77. The molecule has 5 heteroatoms. The second kappa shape index (κ2) is 7.13. The first kappa shape index (κ1) is 14.6. The van der Waals surface area contributed by atoms with Gasteiger partial charge in [-0.1, -0.05) is 23.6 Å². The number of hydrogen-bond acceptors (Lipinski definition) is 4.